The van der Waals surface area contributed by atoms with Gasteiger partial charge in [0.15, 0.2) is 0 Å². The highest BCUT2D eigenvalue weighted by Crippen LogP contribution is 2.29. The zero-order valence-corrected chi connectivity index (χ0v) is 13.2. The molecule has 2 fully saturated rings. The molecule has 21 heavy (non-hydrogen) atoms. The Morgan fingerprint density at radius 3 is 2.48 bits per heavy atom. The van der Waals surface area contributed by atoms with Gasteiger partial charge in [-0.1, -0.05) is 19.9 Å². The summed E-state index contributed by atoms with van der Waals surface area (Å²) in [5.74, 6) is 1.48. The topological polar surface area (TPSA) is 15.3 Å². The van der Waals surface area contributed by atoms with Crippen molar-refractivity contribution in [1.82, 2.24) is 5.32 Å². The van der Waals surface area contributed by atoms with E-state index in [4.69, 9.17) is 0 Å². The Labute approximate surface area is 127 Å². The van der Waals surface area contributed by atoms with Crippen molar-refractivity contribution >= 4 is 5.69 Å². The van der Waals surface area contributed by atoms with Gasteiger partial charge in [0.1, 0.15) is 5.82 Å². The van der Waals surface area contributed by atoms with Crippen LogP contribution in [0.4, 0.5) is 10.1 Å². The van der Waals surface area contributed by atoms with Gasteiger partial charge in [0.05, 0.1) is 5.69 Å². The van der Waals surface area contributed by atoms with Gasteiger partial charge >= 0.3 is 0 Å². The number of nitrogens with one attached hydrogen (secondary N) is 1. The highest BCUT2D eigenvalue weighted by molar-refractivity contribution is 5.49. The second-order valence-corrected chi connectivity index (χ2v) is 7.01. The van der Waals surface area contributed by atoms with Crippen molar-refractivity contribution in [2.75, 3.05) is 18.0 Å². The molecule has 2 nitrogen and oxygen atoms in total. The summed E-state index contributed by atoms with van der Waals surface area (Å²) in [5, 5.41) is 3.44. The van der Waals surface area contributed by atoms with Gasteiger partial charge in [0.25, 0.3) is 0 Å². The lowest BCUT2D eigenvalue weighted by molar-refractivity contribution is 0.310. The Balaban J connectivity index is 1.60. The van der Waals surface area contributed by atoms with Gasteiger partial charge in [-0.3, -0.25) is 0 Å². The summed E-state index contributed by atoms with van der Waals surface area (Å²) in [6.45, 7) is 7.35. The summed E-state index contributed by atoms with van der Waals surface area (Å²) in [7, 11) is 0. The van der Waals surface area contributed by atoms with Crippen LogP contribution in [0, 0.1) is 17.7 Å². The molecule has 3 rings (SSSR count). The van der Waals surface area contributed by atoms with Gasteiger partial charge in [-0.25, -0.2) is 4.39 Å². The van der Waals surface area contributed by atoms with Crippen molar-refractivity contribution in [3.05, 3.63) is 29.6 Å². The molecule has 0 atom stereocenters. The number of piperidine rings is 1. The van der Waals surface area contributed by atoms with E-state index < -0.39 is 0 Å². The number of nitrogens with zero attached hydrogens (tertiary/aromatic N) is 1. The number of anilines is 1. The first kappa shape index (κ1) is 14.8. The molecule has 0 radical (unpaired) electrons. The Kier molecular flexibility index (Phi) is 4.48. The predicted octanol–water partition coefficient (Wildman–Crippen LogP) is 3.95. The van der Waals surface area contributed by atoms with Crippen LogP contribution in [-0.2, 0) is 6.54 Å². The average molecular weight is 290 g/mol. The smallest absolute Gasteiger partial charge is 0.146 e. The first-order chi connectivity index (χ1) is 10.1. The molecule has 3 heteroatoms. The van der Waals surface area contributed by atoms with Crippen LogP contribution >= 0.6 is 0 Å². The molecule has 1 N–H and O–H groups in total. The van der Waals surface area contributed by atoms with Crippen LogP contribution in [0.3, 0.4) is 0 Å². The largest absolute Gasteiger partial charge is 0.369 e. The number of benzene rings is 1. The lowest BCUT2D eigenvalue weighted by Gasteiger charge is -2.35. The van der Waals surface area contributed by atoms with Crippen molar-refractivity contribution in [2.24, 2.45) is 11.8 Å². The van der Waals surface area contributed by atoms with Crippen LogP contribution in [0.1, 0.15) is 45.1 Å². The first-order valence-electron chi connectivity index (χ1n) is 8.40. The third-order valence-corrected chi connectivity index (χ3v) is 5.01. The van der Waals surface area contributed by atoms with Gasteiger partial charge in [-0.2, -0.15) is 0 Å². The monoisotopic (exact) mass is 290 g/mol. The molecule has 1 heterocycles. The maximum Gasteiger partial charge on any atom is 0.146 e. The van der Waals surface area contributed by atoms with E-state index in [0.29, 0.717) is 6.04 Å². The van der Waals surface area contributed by atoms with Crippen LogP contribution in [-0.4, -0.2) is 19.1 Å². The molecule has 0 amide bonds. The SMILES string of the molecule is CC(C)C1CCN(c2ccc(CNC3CC3)cc2F)CC1. The summed E-state index contributed by atoms with van der Waals surface area (Å²) in [5.41, 5.74) is 1.84. The van der Waals surface area contributed by atoms with Crippen molar-refractivity contribution in [3.8, 4) is 0 Å². The average Bonchev–Trinajstić information content (AvgIpc) is 3.29. The van der Waals surface area contributed by atoms with E-state index in [1.165, 1.54) is 25.7 Å². The van der Waals surface area contributed by atoms with Crippen LogP contribution in [0.2, 0.25) is 0 Å². The van der Waals surface area contributed by atoms with Gasteiger partial charge in [-0.05, 0) is 55.2 Å². The zero-order chi connectivity index (χ0) is 14.8. The van der Waals surface area contributed by atoms with Crippen LogP contribution in [0.5, 0.6) is 0 Å². The summed E-state index contributed by atoms with van der Waals surface area (Å²) in [4.78, 5) is 2.21. The van der Waals surface area contributed by atoms with E-state index in [-0.39, 0.29) is 5.82 Å². The van der Waals surface area contributed by atoms with Gasteiger partial charge < -0.3 is 10.2 Å². The molecule has 2 aliphatic rings. The van der Waals surface area contributed by atoms with Crippen molar-refractivity contribution < 1.29 is 4.39 Å². The quantitative estimate of drug-likeness (QED) is 0.883. The van der Waals surface area contributed by atoms with E-state index in [1.54, 1.807) is 6.07 Å². The lowest BCUT2D eigenvalue weighted by Crippen LogP contribution is -2.35. The third kappa shape index (κ3) is 3.76. The van der Waals surface area contributed by atoms with Crippen LogP contribution < -0.4 is 10.2 Å². The molecule has 0 spiro atoms. The Morgan fingerprint density at radius 2 is 1.90 bits per heavy atom. The Bertz CT molecular complexity index is 474. The fourth-order valence-corrected chi connectivity index (χ4v) is 3.27. The minimum atomic E-state index is -0.0620. The fourth-order valence-electron chi connectivity index (χ4n) is 3.27. The number of rotatable bonds is 5. The molecule has 1 saturated carbocycles. The number of halogens is 1. The first-order valence-corrected chi connectivity index (χ1v) is 8.40. The molecule has 116 valence electrons. The van der Waals surface area contributed by atoms with E-state index in [9.17, 15) is 4.39 Å². The molecule has 0 bridgehead atoms. The highest BCUT2D eigenvalue weighted by Gasteiger charge is 2.23. The van der Waals surface area contributed by atoms with Crippen molar-refractivity contribution in [3.63, 3.8) is 0 Å². The molecular weight excluding hydrogens is 263 g/mol. The molecule has 0 unspecified atom stereocenters. The van der Waals surface area contributed by atoms with Crippen LogP contribution in [0.15, 0.2) is 18.2 Å². The number of hydrogen-bond donors (Lipinski definition) is 1. The Hall–Kier alpha value is -1.09. The normalized spacial score (nSPS) is 20.3. The molecule has 1 saturated heterocycles. The van der Waals surface area contributed by atoms with Gasteiger partial charge in [-0.15, -0.1) is 0 Å². The van der Waals surface area contributed by atoms with Gasteiger partial charge in [0, 0.05) is 25.7 Å². The Morgan fingerprint density at radius 1 is 1.19 bits per heavy atom. The zero-order valence-electron chi connectivity index (χ0n) is 13.2. The predicted molar refractivity (Wildman–Crippen MR) is 86.0 cm³/mol. The standard InChI is InChI=1S/C18H27FN2/c1-13(2)15-7-9-21(10-8-15)18-6-3-14(11-17(18)19)12-20-16-4-5-16/h3,6,11,13,15-16,20H,4-5,7-10,12H2,1-2H3. The van der Waals surface area contributed by atoms with Crippen molar-refractivity contribution in [2.45, 2.75) is 52.1 Å². The second-order valence-electron chi connectivity index (χ2n) is 7.01. The number of hydrogen-bond acceptors (Lipinski definition) is 2. The van der Waals surface area contributed by atoms with E-state index in [1.807, 2.05) is 6.07 Å². The van der Waals surface area contributed by atoms with Crippen molar-refractivity contribution in [1.29, 1.82) is 0 Å². The van der Waals surface area contributed by atoms with E-state index >= 15 is 0 Å². The van der Waals surface area contributed by atoms with Gasteiger partial charge in [0.2, 0.25) is 0 Å². The summed E-state index contributed by atoms with van der Waals surface area (Å²) >= 11 is 0. The van der Waals surface area contributed by atoms with E-state index in [2.05, 4.69) is 30.1 Å². The molecule has 1 aliphatic carbocycles. The minimum absolute atomic E-state index is 0.0620. The van der Waals surface area contributed by atoms with Crippen LogP contribution in [0.25, 0.3) is 0 Å². The minimum Gasteiger partial charge on any atom is -0.369 e. The third-order valence-electron chi connectivity index (χ3n) is 5.01. The maximum absolute atomic E-state index is 14.4. The summed E-state index contributed by atoms with van der Waals surface area (Å²) in [6, 6.07) is 6.42. The summed E-state index contributed by atoms with van der Waals surface area (Å²) in [6.07, 6.45) is 4.90. The summed E-state index contributed by atoms with van der Waals surface area (Å²) < 4.78 is 14.4. The molecular formula is C18H27FN2. The molecule has 1 aromatic rings. The van der Waals surface area contributed by atoms with E-state index in [0.717, 1.165) is 42.7 Å². The molecule has 0 aromatic heterocycles. The lowest BCUT2D eigenvalue weighted by atomic mass is 9.86. The molecule has 1 aliphatic heterocycles. The molecule has 1 aromatic carbocycles. The highest BCUT2D eigenvalue weighted by atomic mass is 19.1. The maximum atomic E-state index is 14.4. The fraction of sp³-hybridized carbons (Fsp3) is 0.667. The second kappa shape index (κ2) is 6.35.